The van der Waals surface area contributed by atoms with Crippen molar-refractivity contribution in [2.45, 2.75) is 0 Å². The molecule has 0 spiro atoms. The van der Waals surface area contributed by atoms with Crippen molar-refractivity contribution in [3.05, 3.63) is 176 Å². The molecule has 244 valence electrons. The van der Waals surface area contributed by atoms with Gasteiger partial charge in [0.25, 0.3) is 0 Å². The lowest BCUT2D eigenvalue weighted by Crippen LogP contribution is -2.10. The quantitative estimate of drug-likeness (QED) is 0.178. The van der Waals surface area contributed by atoms with E-state index in [9.17, 15) is 0 Å². The van der Waals surface area contributed by atoms with E-state index in [4.69, 9.17) is 4.42 Å². The van der Waals surface area contributed by atoms with Crippen molar-refractivity contribution in [2.75, 3.05) is 4.90 Å². The van der Waals surface area contributed by atoms with Crippen LogP contribution in [0.1, 0.15) is 0 Å². The Kier molecular flexibility index (Phi) is 6.63. The van der Waals surface area contributed by atoms with E-state index in [-0.39, 0.29) is 0 Å². The fraction of sp³-hybridized carbons (Fsp3) is 0. The van der Waals surface area contributed by atoms with Gasteiger partial charge in [-0.2, -0.15) is 0 Å². The second-order valence-electron chi connectivity index (χ2n) is 13.2. The second-order valence-corrected chi connectivity index (χ2v) is 15.3. The van der Waals surface area contributed by atoms with Gasteiger partial charge in [-0.1, -0.05) is 115 Å². The number of furan rings is 1. The lowest BCUT2D eigenvalue weighted by Gasteiger charge is -2.26. The van der Waals surface area contributed by atoms with Gasteiger partial charge in [0.2, 0.25) is 0 Å². The maximum atomic E-state index is 6.32. The topological polar surface area (TPSA) is 16.4 Å². The van der Waals surface area contributed by atoms with Crippen LogP contribution in [0, 0.1) is 0 Å². The summed E-state index contributed by atoms with van der Waals surface area (Å²) >= 11 is 3.72. The third-order valence-corrected chi connectivity index (χ3v) is 12.7. The molecule has 52 heavy (non-hydrogen) atoms. The van der Waals surface area contributed by atoms with Crippen molar-refractivity contribution >= 4 is 102 Å². The van der Waals surface area contributed by atoms with Gasteiger partial charge >= 0.3 is 0 Å². The summed E-state index contributed by atoms with van der Waals surface area (Å²) in [5.41, 5.74) is 10.1. The van der Waals surface area contributed by atoms with Crippen molar-refractivity contribution in [3.8, 4) is 22.3 Å². The lowest BCUT2D eigenvalue weighted by molar-refractivity contribution is 0.669. The average Bonchev–Trinajstić information content (AvgIpc) is 3.90. The predicted molar refractivity (Wildman–Crippen MR) is 225 cm³/mol. The molecule has 0 N–H and O–H groups in total. The van der Waals surface area contributed by atoms with Gasteiger partial charge < -0.3 is 9.32 Å². The van der Waals surface area contributed by atoms with Crippen LogP contribution in [-0.4, -0.2) is 0 Å². The summed E-state index contributed by atoms with van der Waals surface area (Å²) in [5.74, 6) is 0. The number of fused-ring (bicyclic) bond motifs is 10. The van der Waals surface area contributed by atoms with E-state index in [1.807, 2.05) is 28.7 Å². The molecule has 0 aliphatic heterocycles. The maximum Gasteiger partial charge on any atom is 0.136 e. The molecule has 11 aromatic rings. The van der Waals surface area contributed by atoms with Gasteiger partial charge in [0.1, 0.15) is 11.2 Å². The van der Waals surface area contributed by atoms with Crippen molar-refractivity contribution in [1.82, 2.24) is 0 Å². The van der Waals surface area contributed by atoms with Crippen molar-refractivity contribution in [2.24, 2.45) is 0 Å². The standard InChI is InChI=1S/C48H29NOS2/c1-2-11-30(12-3-1)34-13-4-5-14-35(34)31-21-23-32(24-22-31)49(33-25-28-45-40(29-33)36-15-7-9-20-44(36)51-45)41-18-10-17-37-38-26-27-43-46(48(38)52-47(37)41)39-16-6-8-19-42(39)50-43/h1-29H. The largest absolute Gasteiger partial charge is 0.456 e. The number of benzene rings is 8. The van der Waals surface area contributed by atoms with Crippen LogP contribution in [0.25, 0.3) is 84.5 Å². The minimum atomic E-state index is 0.925. The molecule has 0 saturated carbocycles. The third-order valence-electron chi connectivity index (χ3n) is 10.3. The average molecular weight is 700 g/mol. The van der Waals surface area contributed by atoms with Crippen molar-refractivity contribution < 1.29 is 4.42 Å². The highest BCUT2D eigenvalue weighted by molar-refractivity contribution is 7.27. The first-order valence-corrected chi connectivity index (χ1v) is 19.1. The van der Waals surface area contributed by atoms with Crippen LogP contribution >= 0.6 is 22.7 Å². The maximum absolute atomic E-state index is 6.32. The Morgan fingerprint density at radius 3 is 1.88 bits per heavy atom. The molecule has 0 aliphatic carbocycles. The zero-order chi connectivity index (χ0) is 34.2. The van der Waals surface area contributed by atoms with Gasteiger partial charge in [-0.25, -0.2) is 0 Å². The summed E-state index contributed by atoms with van der Waals surface area (Å²) in [6.07, 6.45) is 0. The third kappa shape index (κ3) is 4.55. The molecule has 0 radical (unpaired) electrons. The number of para-hydroxylation sites is 1. The molecular weight excluding hydrogens is 671 g/mol. The number of thiophene rings is 2. The van der Waals surface area contributed by atoms with E-state index in [1.54, 1.807) is 0 Å². The first-order valence-electron chi connectivity index (χ1n) is 17.5. The monoisotopic (exact) mass is 699 g/mol. The number of hydrogen-bond donors (Lipinski definition) is 0. The van der Waals surface area contributed by atoms with Gasteiger partial charge in [-0.3, -0.25) is 0 Å². The molecule has 0 atom stereocenters. The molecule has 0 amide bonds. The van der Waals surface area contributed by atoms with Gasteiger partial charge in [0.05, 0.1) is 10.4 Å². The SMILES string of the molecule is c1ccc(-c2ccccc2-c2ccc(N(c3ccc4sc5ccccc5c4c3)c3cccc4c3sc3c4ccc4oc5ccccc5c43)cc2)cc1. The molecule has 0 unspecified atom stereocenters. The van der Waals surface area contributed by atoms with E-state index in [2.05, 4.69) is 175 Å². The zero-order valence-electron chi connectivity index (χ0n) is 27.9. The molecule has 3 aromatic heterocycles. The highest BCUT2D eigenvalue weighted by atomic mass is 32.1. The highest BCUT2D eigenvalue weighted by Gasteiger charge is 2.21. The summed E-state index contributed by atoms with van der Waals surface area (Å²) in [7, 11) is 0. The molecule has 8 aromatic carbocycles. The van der Waals surface area contributed by atoms with E-state index in [0.717, 1.165) is 33.6 Å². The Morgan fingerprint density at radius 1 is 0.385 bits per heavy atom. The summed E-state index contributed by atoms with van der Waals surface area (Å²) in [5, 5.41) is 7.45. The van der Waals surface area contributed by atoms with Crippen LogP contribution < -0.4 is 4.90 Å². The fourth-order valence-electron chi connectivity index (χ4n) is 7.90. The number of anilines is 3. The van der Waals surface area contributed by atoms with Crippen LogP contribution in [0.15, 0.2) is 180 Å². The Hall–Kier alpha value is -6.20. The summed E-state index contributed by atoms with van der Waals surface area (Å²) in [4.78, 5) is 2.45. The van der Waals surface area contributed by atoms with Crippen LogP contribution in [0.4, 0.5) is 17.1 Å². The van der Waals surface area contributed by atoms with Gasteiger partial charge in [0.15, 0.2) is 0 Å². The van der Waals surface area contributed by atoms with E-state index in [0.29, 0.717) is 0 Å². The Labute approximate surface area is 308 Å². The number of nitrogens with zero attached hydrogens (tertiary/aromatic N) is 1. The summed E-state index contributed by atoms with van der Waals surface area (Å²) in [6, 6.07) is 63.6. The fourth-order valence-corrected chi connectivity index (χ4v) is 10.3. The van der Waals surface area contributed by atoms with Crippen molar-refractivity contribution in [3.63, 3.8) is 0 Å². The molecule has 2 nitrogen and oxygen atoms in total. The molecule has 0 saturated heterocycles. The summed E-state index contributed by atoms with van der Waals surface area (Å²) in [6.45, 7) is 0. The molecule has 3 heterocycles. The highest BCUT2D eigenvalue weighted by Crippen LogP contribution is 2.49. The molecule has 0 bridgehead atoms. The van der Waals surface area contributed by atoms with E-state index >= 15 is 0 Å². The molecule has 4 heteroatoms. The minimum Gasteiger partial charge on any atom is -0.456 e. The Bertz CT molecular complexity index is 3130. The minimum absolute atomic E-state index is 0.925. The second kappa shape index (κ2) is 11.7. The number of hydrogen-bond acceptors (Lipinski definition) is 4. The van der Waals surface area contributed by atoms with Crippen LogP contribution in [0.3, 0.4) is 0 Å². The first-order chi connectivity index (χ1) is 25.8. The normalized spacial score (nSPS) is 11.8. The number of rotatable bonds is 5. The lowest BCUT2D eigenvalue weighted by atomic mass is 9.94. The zero-order valence-corrected chi connectivity index (χ0v) is 29.5. The van der Waals surface area contributed by atoms with Crippen LogP contribution in [0.5, 0.6) is 0 Å². The van der Waals surface area contributed by atoms with E-state index < -0.39 is 0 Å². The van der Waals surface area contributed by atoms with Crippen LogP contribution in [-0.2, 0) is 0 Å². The van der Waals surface area contributed by atoms with Gasteiger partial charge in [-0.15, -0.1) is 22.7 Å². The Balaban J connectivity index is 1.14. The van der Waals surface area contributed by atoms with Gasteiger partial charge in [-0.05, 0) is 82.9 Å². The first kappa shape index (κ1) is 29.5. The molecule has 0 fully saturated rings. The molecule has 11 rings (SSSR count). The van der Waals surface area contributed by atoms with Gasteiger partial charge in [0, 0.05) is 57.8 Å². The predicted octanol–water partition coefficient (Wildman–Crippen LogP) is 15.1. The molecular formula is C48H29NOS2. The molecule has 0 aliphatic rings. The summed E-state index contributed by atoms with van der Waals surface area (Å²) < 4.78 is 11.4. The van der Waals surface area contributed by atoms with Crippen molar-refractivity contribution in [1.29, 1.82) is 0 Å². The van der Waals surface area contributed by atoms with E-state index in [1.165, 1.54) is 68.0 Å². The van der Waals surface area contributed by atoms with Crippen LogP contribution in [0.2, 0.25) is 0 Å². The smallest absolute Gasteiger partial charge is 0.136 e. The Morgan fingerprint density at radius 2 is 1.04 bits per heavy atom.